The van der Waals surface area contributed by atoms with Gasteiger partial charge >= 0.3 is 12.2 Å². The van der Waals surface area contributed by atoms with Gasteiger partial charge in [-0.2, -0.15) is 18.3 Å². The van der Waals surface area contributed by atoms with Crippen LogP contribution < -0.4 is 16.0 Å². The van der Waals surface area contributed by atoms with Crippen molar-refractivity contribution in [1.82, 2.24) is 25.3 Å². The van der Waals surface area contributed by atoms with E-state index >= 15 is 0 Å². The molecule has 2 saturated carbocycles. The third kappa shape index (κ3) is 5.24. The van der Waals surface area contributed by atoms with E-state index in [2.05, 4.69) is 21.0 Å². The Balaban J connectivity index is 1.21. The molecule has 3 fully saturated rings. The number of carbonyl (C=O) groups is 3. The molecule has 6 rings (SSSR count). The summed E-state index contributed by atoms with van der Waals surface area (Å²) in [5, 5.41) is 12.4. The van der Waals surface area contributed by atoms with Crippen molar-refractivity contribution < 1.29 is 27.6 Å². The lowest BCUT2D eigenvalue weighted by Crippen LogP contribution is -2.50. The van der Waals surface area contributed by atoms with Crippen LogP contribution in [0.1, 0.15) is 80.5 Å². The van der Waals surface area contributed by atoms with Gasteiger partial charge in [-0.15, -0.1) is 0 Å². The Morgan fingerprint density at radius 1 is 1.12 bits per heavy atom. The van der Waals surface area contributed by atoms with E-state index in [-0.39, 0.29) is 23.8 Å². The quantitative estimate of drug-likeness (QED) is 0.394. The summed E-state index contributed by atoms with van der Waals surface area (Å²) < 4.78 is 41.6. The Labute approximate surface area is 242 Å². The van der Waals surface area contributed by atoms with Gasteiger partial charge in [-0.05, 0) is 106 Å². The molecule has 3 N–H and O–H groups in total. The maximum absolute atomic E-state index is 13.8. The highest BCUT2D eigenvalue weighted by Crippen LogP contribution is 2.51. The van der Waals surface area contributed by atoms with Crippen molar-refractivity contribution in [3.63, 3.8) is 0 Å². The van der Waals surface area contributed by atoms with Gasteiger partial charge < -0.3 is 20.9 Å². The Kier molecular flexibility index (Phi) is 7.00. The summed E-state index contributed by atoms with van der Waals surface area (Å²) in [6.07, 6.45) is 2.27. The molecule has 4 amide bonds. The number of urea groups is 1. The Morgan fingerprint density at radius 2 is 1.81 bits per heavy atom. The molecule has 0 unspecified atom stereocenters. The first-order valence-electron chi connectivity index (χ1n) is 14.8. The predicted octanol–water partition coefficient (Wildman–Crippen LogP) is 4.75. The van der Waals surface area contributed by atoms with E-state index in [1.165, 1.54) is 4.90 Å². The summed E-state index contributed by atoms with van der Waals surface area (Å²) in [4.78, 5) is 41.1. The van der Waals surface area contributed by atoms with Crippen LogP contribution in [0.4, 0.5) is 23.7 Å². The fourth-order valence-corrected chi connectivity index (χ4v) is 6.91. The number of fused-ring (bicyclic) bond motifs is 1. The fourth-order valence-electron chi connectivity index (χ4n) is 6.91. The first-order valence-corrected chi connectivity index (χ1v) is 14.8. The van der Waals surface area contributed by atoms with Gasteiger partial charge in [-0.1, -0.05) is 6.07 Å². The number of carbonyl (C=O) groups excluding carboxylic acids is 3. The third-order valence-electron chi connectivity index (χ3n) is 9.41. The lowest BCUT2D eigenvalue weighted by atomic mass is 9.88. The zero-order valence-corrected chi connectivity index (χ0v) is 24.0. The number of anilines is 1. The first-order chi connectivity index (χ1) is 19.9. The standard InChI is InChI=1S/C30H37F3N6O3/c1-16(2)39-22(11-13-34-39)26(40)37-25(24(17-4-5-17)18-6-7-18)27(41)35-20-8-9-21-19(14-20)10-12-29(21,3)38-15-23(30(31,32)33)36-28(38)42/h8-9,11,13-14,16-18,23-25H,4-7,10,12,15H2,1-3H3,(H,35,41)(H,36,42)(H,37,40)/t23-,25-,29+/m0/s1. The molecule has 226 valence electrons. The average molecular weight is 587 g/mol. The van der Waals surface area contributed by atoms with Crippen LogP contribution in [-0.4, -0.2) is 57.3 Å². The smallest absolute Gasteiger partial charge is 0.339 e. The van der Waals surface area contributed by atoms with E-state index in [9.17, 15) is 27.6 Å². The first kappa shape index (κ1) is 28.5. The van der Waals surface area contributed by atoms with Crippen molar-refractivity contribution in [3.8, 4) is 0 Å². The van der Waals surface area contributed by atoms with E-state index in [0.29, 0.717) is 36.1 Å². The molecule has 2 aromatic rings. The van der Waals surface area contributed by atoms with Gasteiger partial charge in [-0.3, -0.25) is 14.3 Å². The molecule has 9 nitrogen and oxygen atoms in total. The van der Waals surface area contributed by atoms with Gasteiger partial charge in [0.2, 0.25) is 5.91 Å². The van der Waals surface area contributed by atoms with Crippen molar-refractivity contribution in [3.05, 3.63) is 47.3 Å². The highest BCUT2D eigenvalue weighted by molar-refractivity contribution is 6.01. The number of halogens is 3. The molecule has 0 bridgehead atoms. The average Bonchev–Trinajstić information content (AvgIpc) is 3.82. The number of nitrogens with one attached hydrogen (secondary N) is 3. The predicted molar refractivity (Wildman–Crippen MR) is 149 cm³/mol. The SMILES string of the molecule is CC(C)n1nccc1C(=O)N[C@H](C(=O)Nc1ccc2c(c1)CC[C@@]2(C)N1C[C@@H](C(F)(F)F)NC1=O)C(C1CC1)C1CC1. The van der Waals surface area contributed by atoms with Gasteiger partial charge in [-0.25, -0.2) is 4.79 Å². The van der Waals surface area contributed by atoms with E-state index < -0.39 is 36.4 Å². The summed E-state index contributed by atoms with van der Waals surface area (Å²) in [5.74, 6) is 0.235. The van der Waals surface area contributed by atoms with E-state index in [1.807, 2.05) is 19.9 Å². The third-order valence-corrected chi connectivity index (χ3v) is 9.41. The topological polar surface area (TPSA) is 108 Å². The summed E-state index contributed by atoms with van der Waals surface area (Å²) in [7, 11) is 0. The highest BCUT2D eigenvalue weighted by atomic mass is 19.4. The number of hydrogen-bond acceptors (Lipinski definition) is 4. The molecule has 3 atom stereocenters. The number of aryl methyl sites for hydroxylation is 1. The molecule has 42 heavy (non-hydrogen) atoms. The molecule has 1 aliphatic heterocycles. The summed E-state index contributed by atoms with van der Waals surface area (Å²) in [6.45, 7) is 5.22. The Morgan fingerprint density at radius 3 is 2.40 bits per heavy atom. The second-order valence-corrected chi connectivity index (χ2v) is 12.7. The van der Waals surface area contributed by atoms with Gasteiger partial charge in [0.1, 0.15) is 17.8 Å². The second-order valence-electron chi connectivity index (χ2n) is 12.7. The number of hydrogen-bond donors (Lipinski definition) is 3. The summed E-state index contributed by atoms with van der Waals surface area (Å²) in [5.41, 5.74) is 1.73. The van der Waals surface area contributed by atoms with Gasteiger partial charge in [0.05, 0.1) is 12.1 Å². The van der Waals surface area contributed by atoms with Crippen LogP contribution in [-0.2, 0) is 16.8 Å². The zero-order chi connectivity index (χ0) is 30.0. The minimum Gasteiger partial charge on any atom is -0.339 e. The molecule has 0 spiro atoms. The number of aromatic nitrogens is 2. The maximum atomic E-state index is 13.8. The molecule has 12 heteroatoms. The van der Waals surface area contributed by atoms with Crippen molar-refractivity contribution in [2.24, 2.45) is 17.8 Å². The number of alkyl halides is 3. The van der Waals surface area contributed by atoms with Crippen molar-refractivity contribution in [2.75, 3.05) is 11.9 Å². The van der Waals surface area contributed by atoms with Crippen LogP contribution in [0.15, 0.2) is 30.5 Å². The molecule has 2 heterocycles. The Hall–Kier alpha value is -3.57. The second kappa shape index (κ2) is 10.3. The lowest BCUT2D eigenvalue weighted by molar-refractivity contribution is -0.150. The van der Waals surface area contributed by atoms with E-state index in [0.717, 1.165) is 36.8 Å². The minimum atomic E-state index is -4.52. The molecule has 3 aliphatic carbocycles. The van der Waals surface area contributed by atoms with Crippen LogP contribution in [0.25, 0.3) is 0 Å². The van der Waals surface area contributed by atoms with Crippen molar-refractivity contribution in [2.45, 2.75) is 89.1 Å². The minimum absolute atomic E-state index is 0.0150. The summed E-state index contributed by atoms with van der Waals surface area (Å²) >= 11 is 0. The van der Waals surface area contributed by atoms with Crippen LogP contribution in [0.2, 0.25) is 0 Å². The molecule has 0 radical (unpaired) electrons. The fraction of sp³-hybridized carbons (Fsp3) is 0.600. The van der Waals surface area contributed by atoms with Crippen LogP contribution in [0.3, 0.4) is 0 Å². The van der Waals surface area contributed by atoms with Crippen molar-refractivity contribution in [1.29, 1.82) is 0 Å². The number of nitrogens with zero attached hydrogens (tertiary/aromatic N) is 3. The van der Waals surface area contributed by atoms with Crippen molar-refractivity contribution >= 4 is 23.5 Å². The van der Waals surface area contributed by atoms with Gasteiger partial charge in [0.15, 0.2) is 0 Å². The number of rotatable bonds is 9. The lowest BCUT2D eigenvalue weighted by Gasteiger charge is -2.35. The zero-order valence-electron chi connectivity index (χ0n) is 24.0. The molecule has 1 aromatic carbocycles. The summed E-state index contributed by atoms with van der Waals surface area (Å²) in [6, 6.07) is 3.66. The molecule has 4 aliphatic rings. The highest BCUT2D eigenvalue weighted by Gasteiger charge is 2.53. The Bertz CT molecular complexity index is 1390. The maximum Gasteiger partial charge on any atom is 0.410 e. The number of benzene rings is 1. The van der Waals surface area contributed by atoms with Crippen LogP contribution in [0.5, 0.6) is 0 Å². The molecular formula is C30H37F3N6O3. The van der Waals surface area contributed by atoms with E-state index in [1.54, 1.807) is 36.0 Å². The largest absolute Gasteiger partial charge is 0.410 e. The monoisotopic (exact) mass is 586 g/mol. The van der Waals surface area contributed by atoms with E-state index in [4.69, 9.17) is 0 Å². The van der Waals surface area contributed by atoms with Crippen LogP contribution >= 0.6 is 0 Å². The molecule has 1 aromatic heterocycles. The number of amides is 4. The molecule has 1 saturated heterocycles. The van der Waals surface area contributed by atoms with Gasteiger partial charge in [0, 0.05) is 17.9 Å². The van der Waals surface area contributed by atoms with Gasteiger partial charge in [0.25, 0.3) is 5.91 Å². The molecular weight excluding hydrogens is 549 g/mol. The van der Waals surface area contributed by atoms with Crippen LogP contribution in [0, 0.1) is 17.8 Å². The normalized spacial score (nSPS) is 24.6.